The van der Waals surface area contributed by atoms with Gasteiger partial charge in [0.25, 0.3) is 0 Å². The lowest BCUT2D eigenvalue weighted by Gasteiger charge is -2.11. The number of allylic oxidation sites excluding steroid dienone is 1. The summed E-state index contributed by atoms with van der Waals surface area (Å²) in [7, 11) is 0. The Morgan fingerprint density at radius 2 is 1.72 bits per heavy atom. The molecule has 18 heavy (non-hydrogen) atoms. The Bertz CT molecular complexity index is 241. The monoisotopic (exact) mass is 250 g/mol. The molecule has 0 rings (SSSR count). The van der Waals surface area contributed by atoms with Crippen LogP contribution in [0, 0.1) is 11.8 Å². The van der Waals surface area contributed by atoms with E-state index in [0.717, 1.165) is 11.8 Å². The summed E-state index contributed by atoms with van der Waals surface area (Å²) < 4.78 is 0. The number of unbranched alkanes of at least 4 members (excludes halogenated alkanes) is 1. The van der Waals surface area contributed by atoms with Gasteiger partial charge in [-0.2, -0.15) is 0 Å². The Morgan fingerprint density at radius 3 is 2.33 bits per heavy atom. The van der Waals surface area contributed by atoms with E-state index in [0.29, 0.717) is 0 Å². The van der Waals surface area contributed by atoms with Gasteiger partial charge in [0.05, 0.1) is 0 Å². The first-order valence-electron chi connectivity index (χ1n) is 7.96. The third-order valence-corrected chi connectivity index (χ3v) is 3.51. The van der Waals surface area contributed by atoms with Crippen molar-refractivity contribution in [3.8, 4) is 0 Å². The highest BCUT2D eigenvalue weighted by atomic mass is 14.1. The standard InChI is InChI=1S/C18H34/c1-6-7-8-12-17(4)14-10-15-18(5)13-9-11-16(2)3/h8,16,18H,6-7,9-11,13-15H2,1-5H3. The van der Waals surface area contributed by atoms with Gasteiger partial charge in [-0.3, -0.25) is 0 Å². The maximum absolute atomic E-state index is 3.41. The Kier molecular flexibility index (Phi) is 11.3. The van der Waals surface area contributed by atoms with Crippen molar-refractivity contribution in [1.29, 1.82) is 0 Å². The molecule has 0 aromatic carbocycles. The van der Waals surface area contributed by atoms with Crippen molar-refractivity contribution in [2.75, 3.05) is 0 Å². The Balaban J connectivity index is 3.61. The fraction of sp³-hybridized carbons (Fsp3) is 0.833. The summed E-state index contributed by atoms with van der Waals surface area (Å²) in [5.41, 5.74) is 4.84. The van der Waals surface area contributed by atoms with Crippen LogP contribution in [0.1, 0.15) is 86.0 Å². The largest absolute Gasteiger partial charge is 0.126 e. The van der Waals surface area contributed by atoms with E-state index in [4.69, 9.17) is 0 Å². The summed E-state index contributed by atoms with van der Waals surface area (Å²) in [6, 6.07) is 0. The van der Waals surface area contributed by atoms with Gasteiger partial charge in [0.15, 0.2) is 0 Å². The molecule has 0 aromatic rings. The molecule has 0 N–H and O–H groups in total. The van der Waals surface area contributed by atoms with E-state index in [1.807, 2.05) is 0 Å². The molecular formula is C18H34. The molecule has 0 heteroatoms. The molecule has 0 spiro atoms. The predicted octanol–water partition coefficient (Wildman–Crippen LogP) is 6.52. The summed E-state index contributed by atoms with van der Waals surface area (Å²) in [4.78, 5) is 0. The molecule has 0 aliphatic carbocycles. The summed E-state index contributed by atoms with van der Waals surface area (Å²) in [6.45, 7) is 11.5. The molecule has 0 radical (unpaired) electrons. The minimum atomic E-state index is 0.867. The smallest absolute Gasteiger partial charge is 0.0247 e. The van der Waals surface area contributed by atoms with Gasteiger partial charge in [-0.15, -0.1) is 5.73 Å². The number of hydrogen-bond donors (Lipinski definition) is 0. The highest BCUT2D eigenvalue weighted by Gasteiger charge is 2.03. The predicted molar refractivity (Wildman–Crippen MR) is 83.9 cm³/mol. The minimum Gasteiger partial charge on any atom is -0.126 e. The lowest BCUT2D eigenvalue weighted by molar-refractivity contribution is 0.427. The third-order valence-electron chi connectivity index (χ3n) is 3.51. The second-order valence-corrected chi connectivity index (χ2v) is 6.24. The molecule has 0 amide bonds. The van der Waals surface area contributed by atoms with Crippen molar-refractivity contribution >= 4 is 0 Å². The SMILES string of the molecule is CCCC=C=C(C)CCCC(C)CCCC(C)C. The first-order chi connectivity index (χ1) is 8.56. The summed E-state index contributed by atoms with van der Waals surface area (Å²) in [5, 5.41) is 0. The molecule has 0 aromatic heterocycles. The first kappa shape index (κ1) is 17.5. The fourth-order valence-corrected chi connectivity index (χ4v) is 2.20. The minimum absolute atomic E-state index is 0.867. The van der Waals surface area contributed by atoms with Crippen LogP contribution >= 0.6 is 0 Å². The van der Waals surface area contributed by atoms with Crippen LogP contribution in [0.3, 0.4) is 0 Å². The zero-order valence-electron chi connectivity index (χ0n) is 13.4. The van der Waals surface area contributed by atoms with Gasteiger partial charge in [0.1, 0.15) is 0 Å². The first-order valence-corrected chi connectivity index (χ1v) is 7.96. The van der Waals surface area contributed by atoms with Crippen molar-refractivity contribution in [3.05, 3.63) is 17.4 Å². The summed E-state index contributed by atoms with van der Waals surface area (Å²) in [5.74, 6) is 1.77. The molecule has 0 nitrogen and oxygen atoms in total. The molecule has 0 heterocycles. The lowest BCUT2D eigenvalue weighted by atomic mass is 9.95. The molecule has 0 saturated heterocycles. The van der Waals surface area contributed by atoms with Crippen LogP contribution in [0.5, 0.6) is 0 Å². The Morgan fingerprint density at radius 1 is 1.06 bits per heavy atom. The van der Waals surface area contributed by atoms with Gasteiger partial charge >= 0.3 is 0 Å². The van der Waals surface area contributed by atoms with Crippen LogP contribution in [0.25, 0.3) is 0 Å². The zero-order valence-corrected chi connectivity index (χ0v) is 13.4. The van der Waals surface area contributed by atoms with Crippen molar-refractivity contribution in [3.63, 3.8) is 0 Å². The van der Waals surface area contributed by atoms with E-state index in [2.05, 4.69) is 46.4 Å². The molecule has 0 bridgehead atoms. The second kappa shape index (κ2) is 11.6. The van der Waals surface area contributed by atoms with Crippen LogP contribution in [-0.2, 0) is 0 Å². The van der Waals surface area contributed by atoms with Crippen LogP contribution in [0.15, 0.2) is 17.4 Å². The Labute approximate surface area is 116 Å². The van der Waals surface area contributed by atoms with Gasteiger partial charge in [-0.05, 0) is 49.7 Å². The topological polar surface area (TPSA) is 0 Å². The Hall–Kier alpha value is -0.480. The molecule has 1 atom stereocenters. The van der Waals surface area contributed by atoms with E-state index < -0.39 is 0 Å². The molecule has 0 aliphatic heterocycles. The van der Waals surface area contributed by atoms with Crippen LogP contribution in [0.4, 0.5) is 0 Å². The number of rotatable bonds is 10. The second-order valence-electron chi connectivity index (χ2n) is 6.24. The lowest BCUT2D eigenvalue weighted by Crippen LogP contribution is -1.97. The van der Waals surface area contributed by atoms with Crippen molar-refractivity contribution < 1.29 is 0 Å². The molecule has 106 valence electrons. The van der Waals surface area contributed by atoms with E-state index in [1.165, 1.54) is 56.9 Å². The van der Waals surface area contributed by atoms with Gasteiger partial charge in [0.2, 0.25) is 0 Å². The summed E-state index contributed by atoms with van der Waals surface area (Å²) >= 11 is 0. The van der Waals surface area contributed by atoms with Crippen LogP contribution in [-0.4, -0.2) is 0 Å². The molecular weight excluding hydrogens is 216 g/mol. The molecule has 0 aliphatic rings. The van der Waals surface area contributed by atoms with Crippen molar-refractivity contribution in [1.82, 2.24) is 0 Å². The highest BCUT2D eigenvalue weighted by Crippen LogP contribution is 2.18. The normalized spacial score (nSPS) is 12.3. The molecule has 1 unspecified atom stereocenters. The van der Waals surface area contributed by atoms with Crippen molar-refractivity contribution in [2.45, 2.75) is 86.0 Å². The quantitative estimate of drug-likeness (QED) is 0.387. The average molecular weight is 250 g/mol. The van der Waals surface area contributed by atoms with Gasteiger partial charge in [0, 0.05) is 0 Å². The third kappa shape index (κ3) is 12.0. The zero-order chi connectivity index (χ0) is 13.8. The van der Waals surface area contributed by atoms with Crippen LogP contribution in [0.2, 0.25) is 0 Å². The van der Waals surface area contributed by atoms with Gasteiger partial charge in [-0.1, -0.05) is 59.8 Å². The highest BCUT2D eigenvalue weighted by molar-refractivity contribution is 4.97. The maximum Gasteiger partial charge on any atom is -0.0247 e. The van der Waals surface area contributed by atoms with Crippen LogP contribution < -0.4 is 0 Å². The van der Waals surface area contributed by atoms with E-state index in [-0.39, 0.29) is 0 Å². The summed E-state index contributed by atoms with van der Waals surface area (Å²) in [6.07, 6.45) is 12.7. The van der Waals surface area contributed by atoms with E-state index in [1.54, 1.807) is 0 Å². The van der Waals surface area contributed by atoms with Crippen molar-refractivity contribution in [2.24, 2.45) is 11.8 Å². The fourth-order valence-electron chi connectivity index (χ4n) is 2.20. The van der Waals surface area contributed by atoms with E-state index in [9.17, 15) is 0 Å². The van der Waals surface area contributed by atoms with Gasteiger partial charge in [-0.25, -0.2) is 0 Å². The molecule has 0 saturated carbocycles. The molecule has 0 fully saturated rings. The number of hydrogen-bond acceptors (Lipinski definition) is 0. The maximum atomic E-state index is 3.41. The average Bonchev–Trinajstić information content (AvgIpc) is 2.29. The van der Waals surface area contributed by atoms with Gasteiger partial charge < -0.3 is 0 Å². The van der Waals surface area contributed by atoms with E-state index >= 15 is 0 Å².